The molecule has 1 rings (SSSR count). The van der Waals surface area contributed by atoms with Crippen molar-refractivity contribution in [2.75, 3.05) is 26.2 Å². The third-order valence-corrected chi connectivity index (χ3v) is 4.31. The number of carbonyl (C=O) groups is 1. The van der Waals surface area contributed by atoms with Crippen LogP contribution in [0.15, 0.2) is 43.0 Å². The van der Waals surface area contributed by atoms with E-state index in [0.717, 1.165) is 30.7 Å². The first-order valence-electron chi connectivity index (χ1n) is 8.84. The van der Waals surface area contributed by atoms with Gasteiger partial charge in [-0.05, 0) is 12.8 Å². The topological polar surface area (TPSA) is 26.3 Å². The normalized spacial score (nSPS) is 10.8. The molecule has 0 bridgehead atoms. The van der Waals surface area contributed by atoms with Crippen molar-refractivity contribution in [2.45, 2.75) is 46.1 Å². The number of nitrogens with zero attached hydrogens (tertiary/aromatic N) is 1. The van der Waals surface area contributed by atoms with Gasteiger partial charge in [0.25, 0.3) is 0 Å². The Balaban J connectivity index is 0.00000529. The van der Waals surface area contributed by atoms with Crippen molar-refractivity contribution >= 4 is 5.97 Å². The molecule has 0 atom stereocenters. The second-order valence-electron chi connectivity index (χ2n) is 6.23. The Hall–Kier alpha value is -1.32. The zero-order chi connectivity index (χ0) is 17.0. The van der Waals surface area contributed by atoms with Crippen molar-refractivity contribution in [2.24, 2.45) is 0 Å². The van der Waals surface area contributed by atoms with E-state index in [-0.39, 0.29) is 18.4 Å². The molecule has 0 aliphatic heterocycles. The Morgan fingerprint density at radius 2 is 1.67 bits per heavy atom. The lowest BCUT2D eigenvalue weighted by Crippen LogP contribution is -3.00. The quantitative estimate of drug-likeness (QED) is 0.322. The van der Waals surface area contributed by atoms with E-state index >= 15 is 0 Å². The molecule has 0 aromatic heterocycles. The predicted molar refractivity (Wildman–Crippen MR) is 96.0 cm³/mol. The van der Waals surface area contributed by atoms with Crippen molar-refractivity contribution < 1.29 is 26.4 Å². The average Bonchev–Trinajstić information content (AvgIpc) is 2.58. The van der Waals surface area contributed by atoms with Crippen LogP contribution in [0.1, 0.15) is 45.1 Å². The molecule has 0 unspecified atom stereocenters. The van der Waals surface area contributed by atoms with Crippen LogP contribution in [0.5, 0.6) is 0 Å². The molecule has 0 radical (unpaired) electrons. The molecule has 0 N–H and O–H groups in total. The third kappa shape index (κ3) is 8.51. The van der Waals surface area contributed by atoms with Crippen LogP contribution in [-0.4, -0.2) is 36.7 Å². The summed E-state index contributed by atoms with van der Waals surface area (Å²) in [6, 6.07) is 10.6. The molecular formula is C20H32ClNO2. The summed E-state index contributed by atoms with van der Waals surface area (Å²) in [5, 5.41) is 0. The molecule has 1 aromatic rings. The molecule has 24 heavy (non-hydrogen) atoms. The van der Waals surface area contributed by atoms with E-state index in [2.05, 4.69) is 50.8 Å². The van der Waals surface area contributed by atoms with Crippen LogP contribution in [-0.2, 0) is 16.1 Å². The van der Waals surface area contributed by atoms with E-state index in [1.54, 1.807) is 0 Å². The van der Waals surface area contributed by atoms with Gasteiger partial charge in [-0.25, -0.2) is 4.79 Å². The van der Waals surface area contributed by atoms with Crippen molar-refractivity contribution in [3.8, 4) is 0 Å². The standard InChI is InChI=1S/C20H32NO2.ClH/c1-4-7-14-21(15-8-5-2,16-17-23-20(22)6-3)18-19-12-10-9-11-13-19;/h6,9-13H,3-5,7-8,14-18H2,1-2H3;1H/q+1;/p-1. The number of rotatable bonds is 12. The first-order chi connectivity index (χ1) is 11.2. The highest BCUT2D eigenvalue weighted by molar-refractivity contribution is 5.81. The second kappa shape index (κ2) is 13.0. The van der Waals surface area contributed by atoms with Gasteiger partial charge in [-0.15, -0.1) is 0 Å². The Kier molecular flexibility index (Phi) is 12.3. The zero-order valence-corrected chi connectivity index (χ0v) is 15.9. The van der Waals surface area contributed by atoms with E-state index in [1.165, 1.54) is 37.3 Å². The number of benzene rings is 1. The zero-order valence-electron chi connectivity index (χ0n) is 15.2. The van der Waals surface area contributed by atoms with Crippen LogP contribution in [0.3, 0.4) is 0 Å². The van der Waals surface area contributed by atoms with Gasteiger partial charge in [-0.3, -0.25) is 0 Å². The summed E-state index contributed by atoms with van der Waals surface area (Å²) >= 11 is 0. The first-order valence-corrected chi connectivity index (χ1v) is 8.84. The second-order valence-corrected chi connectivity index (χ2v) is 6.23. The Bertz CT molecular complexity index is 454. The molecule has 0 aliphatic carbocycles. The minimum atomic E-state index is -0.325. The maximum atomic E-state index is 11.3. The highest BCUT2D eigenvalue weighted by Crippen LogP contribution is 2.18. The molecule has 0 saturated carbocycles. The van der Waals surface area contributed by atoms with Crippen LogP contribution >= 0.6 is 0 Å². The molecule has 0 saturated heterocycles. The lowest BCUT2D eigenvalue weighted by atomic mass is 10.1. The summed E-state index contributed by atoms with van der Waals surface area (Å²) in [5.74, 6) is -0.325. The van der Waals surface area contributed by atoms with Crippen molar-refractivity contribution in [1.82, 2.24) is 0 Å². The van der Waals surface area contributed by atoms with Gasteiger partial charge in [0.1, 0.15) is 19.7 Å². The number of quaternary nitrogens is 1. The molecule has 4 heteroatoms. The van der Waals surface area contributed by atoms with Crippen LogP contribution < -0.4 is 12.4 Å². The molecular weight excluding hydrogens is 322 g/mol. The summed E-state index contributed by atoms with van der Waals surface area (Å²) in [4.78, 5) is 11.3. The lowest BCUT2D eigenvalue weighted by Gasteiger charge is -2.39. The molecule has 0 amide bonds. The van der Waals surface area contributed by atoms with Gasteiger partial charge in [0.2, 0.25) is 0 Å². The molecule has 0 aliphatic rings. The van der Waals surface area contributed by atoms with E-state index < -0.39 is 0 Å². The Labute approximate surface area is 153 Å². The molecule has 136 valence electrons. The Morgan fingerprint density at radius 3 is 2.17 bits per heavy atom. The highest BCUT2D eigenvalue weighted by atomic mass is 35.5. The number of carbonyl (C=O) groups excluding carboxylic acids is 1. The highest BCUT2D eigenvalue weighted by Gasteiger charge is 2.27. The van der Waals surface area contributed by atoms with Crippen molar-refractivity contribution in [1.29, 1.82) is 0 Å². The van der Waals surface area contributed by atoms with Gasteiger partial charge in [-0.1, -0.05) is 63.6 Å². The summed E-state index contributed by atoms with van der Waals surface area (Å²) in [5.41, 5.74) is 1.36. The molecule has 0 spiro atoms. The fourth-order valence-corrected chi connectivity index (χ4v) is 2.93. The monoisotopic (exact) mass is 353 g/mol. The van der Waals surface area contributed by atoms with Crippen molar-refractivity contribution in [3.05, 3.63) is 48.6 Å². The minimum absolute atomic E-state index is 0. The van der Waals surface area contributed by atoms with E-state index in [1.807, 2.05) is 0 Å². The van der Waals surface area contributed by atoms with Gasteiger partial charge in [0, 0.05) is 11.6 Å². The maximum absolute atomic E-state index is 11.3. The van der Waals surface area contributed by atoms with Crippen LogP contribution in [0.2, 0.25) is 0 Å². The third-order valence-electron chi connectivity index (χ3n) is 4.31. The predicted octanol–water partition coefficient (Wildman–Crippen LogP) is 1.34. The first kappa shape index (κ1) is 22.7. The van der Waals surface area contributed by atoms with E-state index in [0.29, 0.717) is 6.61 Å². The summed E-state index contributed by atoms with van der Waals surface area (Å²) < 4.78 is 6.27. The van der Waals surface area contributed by atoms with Gasteiger partial charge >= 0.3 is 5.97 Å². The maximum Gasteiger partial charge on any atom is 0.330 e. The SMILES string of the molecule is C=CC(=O)OCC[N+](CCCC)(CCCC)Cc1ccccc1.[Cl-]. The summed E-state index contributed by atoms with van der Waals surface area (Å²) in [6.07, 6.45) is 6.02. The number of ether oxygens (including phenoxy) is 1. The number of esters is 1. The number of hydrogen-bond donors (Lipinski definition) is 0. The smallest absolute Gasteiger partial charge is 0.330 e. The largest absolute Gasteiger partial charge is 1.00 e. The molecule has 0 fully saturated rings. The number of halogens is 1. The van der Waals surface area contributed by atoms with Crippen LogP contribution in [0, 0.1) is 0 Å². The van der Waals surface area contributed by atoms with E-state index in [4.69, 9.17) is 4.74 Å². The molecule has 3 nitrogen and oxygen atoms in total. The van der Waals surface area contributed by atoms with Crippen molar-refractivity contribution in [3.63, 3.8) is 0 Å². The summed E-state index contributed by atoms with van der Waals surface area (Å²) in [7, 11) is 0. The lowest BCUT2D eigenvalue weighted by molar-refractivity contribution is -0.941. The fourth-order valence-electron chi connectivity index (χ4n) is 2.93. The Morgan fingerprint density at radius 1 is 1.08 bits per heavy atom. The average molecular weight is 354 g/mol. The summed E-state index contributed by atoms with van der Waals surface area (Å²) in [6.45, 7) is 12.5. The minimum Gasteiger partial charge on any atom is -1.00 e. The van der Waals surface area contributed by atoms with Crippen LogP contribution in [0.4, 0.5) is 0 Å². The number of unbranched alkanes of at least 4 members (excludes halogenated alkanes) is 2. The van der Waals surface area contributed by atoms with Gasteiger partial charge < -0.3 is 21.6 Å². The van der Waals surface area contributed by atoms with Gasteiger partial charge in [0.05, 0.1) is 13.1 Å². The fraction of sp³-hybridized carbons (Fsp3) is 0.550. The van der Waals surface area contributed by atoms with E-state index in [9.17, 15) is 4.79 Å². The number of hydrogen-bond acceptors (Lipinski definition) is 2. The van der Waals surface area contributed by atoms with Gasteiger partial charge in [-0.2, -0.15) is 0 Å². The van der Waals surface area contributed by atoms with Crippen LogP contribution in [0.25, 0.3) is 0 Å². The van der Waals surface area contributed by atoms with Gasteiger partial charge in [0.15, 0.2) is 0 Å². The molecule has 0 heterocycles. The molecule has 1 aromatic carbocycles.